The van der Waals surface area contributed by atoms with Crippen LogP contribution < -0.4 is 5.32 Å². The first kappa shape index (κ1) is 13.4. The van der Waals surface area contributed by atoms with Crippen molar-refractivity contribution in [3.05, 3.63) is 0 Å². The van der Waals surface area contributed by atoms with Crippen LogP contribution in [0.3, 0.4) is 0 Å². The third-order valence-electron chi connectivity index (χ3n) is 2.74. The van der Waals surface area contributed by atoms with Gasteiger partial charge in [-0.15, -0.1) is 12.3 Å². The van der Waals surface area contributed by atoms with Gasteiger partial charge in [0.25, 0.3) is 0 Å². The van der Waals surface area contributed by atoms with Crippen LogP contribution in [0.2, 0.25) is 0 Å². The minimum atomic E-state index is -0.989. The fourth-order valence-corrected chi connectivity index (χ4v) is 1.60. The Hall–Kier alpha value is -1.70. The highest BCUT2D eigenvalue weighted by molar-refractivity contribution is 5.80. The summed E-state index contributed by atoms with van der Waals surface area (Å²) in [4.78, 5) is 23.9. The van der Waals surface area contributed by atoms with Crippen LogP contribution in [0.1, 0.15) is 32.6 Å². The van der Waals surface area contributed by atoms with Crippen molar-refractivity contribution in [2.45, 2.75) is 44.7 Å². The summed E-state index contributed by atoms with van der Waals surface area (Å²) in [5.41, 5.74) is 0. The van der Waals surface area contributed by atoms with Gasteiger partial charge in [0.1, 0.15) is 6.54 Å². The fourth-order valence-electron chi connectivity index (χ4n) is 1.60. The first-order valence-corrected chi connectivity index (χ1v) is 5.80. The fraction of sp³-hybridized carbons (Fsp3) is 0.667. The van der Waals surface area contributed by atoms with E-state index in [4.69, 9.17) is 11.5 Å². The quantitative estimate of drug-likeness (QED) is 0.679. The highest BCUT2D eigenvalue weighted by Gasteiger charge is 2.34. The van der Waals surface area contributed by atoms with Crippen LogP contribution in [0.5, 0.6) is 0 Å². The number of carbonyl (C=O) groups excluding carboxylic acids is 1. The predicted octanol–water partition coefficient (Wildman–Crippen LogP) is 1.05. The van der Waals surface area contributed by atoms with E-state index in [0.717, 1.165) is 19.3 Å². The summed E-state index contributed by atoms with van der Waals surface area (Å²) < 4.78 is 0. The molecule has 0 aromatic carbocycles. The van der Waals surface area contributed by atoms with E-state index in [9.17, 15) is 9.59 Å². The normalized spacial score (nSPS) is 15.8. The molecule has 1 atom stereocenters. The number of urea groups is 1. The molecule has 2 amide bonds. The van der Waals surface area contributed by atoms with Crippen LogP contribution in [-0.4, -0.2) is 40.6 Å². The van der Waals surface area contributed by atoms with Crippen molar-refractivity contribution in [3.63, 3.8) is 0 Å². The van der Waals surface area contributed by atoms with Crippen molar-refractivity contribution in [1.82, 2.24) is 10.2 Å². The second-order valence-corrected chi connectivity index (χ2v) is 4.22. The van der Waals surface area contributed by atoms with Crippen molar-refractivity contribution >= 4 is 12.0 Å². The third-order valence-corrected chi connectivity index (χ3v) is 2.74. The van der Waals surface area contributed by atoms with E-state index >= 15 is 0 Å². The third kappa shape index (κ3) is 4.35. The molecule has 0 spiro atoms. The van der Waals surface area contributed by atoms with Crippen LogP contribution >= 0.6 is 0 Å². The molecule has 0 radical (unpaired) electrons. The highest BCUT2D eigenvalue weighted by atomic mass is 16.4. The summed E-state index contributed by atoms with van der Waals surface area (Å²) in [7, 11) is 0. The highest BCUT2D eigenvalue weighted by Crippen LogP contribution is 2.26. The average molecular weight is 238 g/mol. The topological polar surface area (TPSA) is 69.6 Å². The molecular weight excluding hydrogens is 220 g/mol. The molecule has 0 aromatic rings. The zero-order valence-corrected chi connectivity index (χ0v) is 9.98. The Labute approximate surface area is 101 Å². The summed E-state index contributed by atoms with van der Waals surface area (Å²) in [6.45, 7) is 1.68. The van der Waals surface area contributed by atoms with E-state index in [2.05, 4.69) is 11.2 Å². The van der Waals surface area contributed by atoms with Gasteiger partial charge in [0.2, 0.25) is 0 Å². The molecule has 0 saturated heterocycles. The van der Waals surface area contributed by atoms with Crippen LogP contribution in [0, 0.1) is 12.3 Å². The lowest BCUT2D eigenvalue weighted by molar-refractivity contribution is -0.137. The minimum absolute atomic E-state index is 0.0782. The largest absolute Gasteiger partial charge is 0.480 e. The van der Waals surface area contributed by atoms with E-state index < -0.39 is 5.97 Å². The molecule has 1 fully saturated rings. The lowest BCUT2D eigenvalue weighted by Crippen LogP contribution is -2.47. The van der Waals surface area contributed by atoms with Crippen LogP contribution in [0.25, 0.3) is 0 Å². The van der Waals surface area contributed by atoms with E-state index in [1.54, 1.807) is 0 Å². The van der Waals surface area contributed by atoms with Gasteiger partial charge in [-0.3, -0.25) is 4.79 Å². The molecule has 0 aliphatic heterocycles. The zero-order chi connectivity index (χ0) is 12.8. The second kappa shape index (κ2) is 6.14. The molecule has 2 N–H and O–H groups in total. The number of carboxylic acids is 1. The van der Waals surface area contributed by atoms with Gasteiger partial charge < -0.3 is 15.3 Å². The van der Waals surface area contributed by atoms with Crippen LogP contribution in [0.15, 0.2) is 0 Å². The van der Waals surface area contributed by atoms with Crippen molar-refractivity contribution in [2.75, 3.05) is 6.54 Å². The van der Waals surface area contributed by atoms with Crippen molar-refractivity contribution in [2.24, 2.45) is 0 Å². The summed E-state index contributed by atoms with van der Waals surface area (Å²) in [5, 5.41) is 11.5. The predicted molar refractivity (Wildman–Crippen MR) is 63.4 cm³/mol. The monoisotopic (exact) mass is 238 g/mol. The smallest absolute Gasteiger partial charge is 0.323 e. The molecule has 17 heavy (non-hydrogen) atoms. The Morgan fingerprint density at radius 2 is 2.24 bits per heavy atom. The Morgan fingerprint density at radius 3 is 2.65 bits per heavy atom. The maximum Gasteiger partial charge on any atom is 0.323 e. The van der Waals surface area contributed by atoms with Gasteiger partial charge in [-0.2, -0.15) is 0 Å². The van der Waals surface area contributed by atoms with E-state index in [0.29, 0.717) is 6.42 Å². The molecule has 0 bridgehead atoms. The number of carbonyl (C=O) groups is 2. The van der Waals surface area contributed by atoms with Gasteiger partial charge in [0.05, 0.1) is 0 Å². The maximum atomic E-state index is 11.9. The van der Waals surface area contributed by atoms with Gasteiger partial charge in [0, 0.05) is 18.5 Å². The summed E-state index contributed by atoms with van der Waals surface area (Å²) in [6.07, 6.45) is 8.17. The van der Waals surface area contributed by atoms with E-state index in [1.165, 1.54) is 4.90 Å². The summed E-state index contributed by atoms with van der Waals surface area (Å²) in [5.74, 6) is 1.51. The molecule has 1 rings (SSSR count). The van der Waals surface area contributed by atoms with Gasteiger partial charge >= 0.3 is 12.0 Å². The number of terminal acetylenes is 1. The maximum absolute atomic E-state index is 11.9. The lowest BCUT2D eigenvalue weighted by atomic mass is 10.1. The molecule has 0 heterocycles. The number of aliphatic carboxylic acids is 1. The summed E-state index contributed by atoms with van der Waals surface area (Å²) >= 11 is 0. The Bertz CT molecular complexity index is 331. The number of nitrogens with zero attached hydrogens (tertiary/aromatic N) is 1. The number of rotatable bonds is 6. The first-order chi connectivity index (χ1) is 8.08. The van der Waals surface area contributed by atoms with Crippen molar-refractivity contribution in [3.8, 4) is 12.3 Å². The van der Waals surface area contributed by atoms with Gasteiger partial charge in [0.15, 0.2) is 0 Å². The first-order valence-electron chi connectivity index (χ1n) is 5.80. The Kier molecular flexibility index (Phi) is 4.83. The SMILES string of the molecule is C#CCC(CC)NC(=O)N(CC(=O)O)C1CC1. The van der Waals surface area contributed by atoms with Crippen molar-refractivity contribution in [1.29, 1.82) is 0 Å². The number of nitrogens with one attached hydrogen (secondary N) is 1. The number of hydrogen-bond donors (Lipinski definition) is 2. The summed E-state index contributed by atoms with van der Waals surface area (Å²) in [6, 6.07) is -0.325. The molecule has 5 nitrogen and oxygen atoms in total. The van der Waals surface area contributed by atoms with Crippen LogP contribution in [-0.2, 0) is 4.79 Å². The van der Waals surface area contributed by atoms with E-state index in [-0.39, 0.29) is 24.7 Å². The molecule has 1 saturated carbocycles. The molecule has 1 unspecified atom stereocenters. The minimum Gasteiger partial charge on any atom is -0.480 e. The molecule has 5 heteroatoms. The molecular formula is C12H18N2O3. The standard InChI is InChI=1S/C12H18N2O3/c1-3-5-9(4-2)13-12(17)14(8-11(15)16)10-6-7-10/h1,9-10H,4-8H2,2H3,(H,13,17)(H,15,16). The zero-order valence-electron chi connectivity index (χ0n) is 9.98. The molecule has 0 aromatic heterocycles. The van der Waals surface area contributed by atoms with Gasteiger partial charge in [-0.05, 0) is 19.3 Å². The van der Waals surface area contributed by atoms with Crippen molar-refractivity contribution < 1.29 is 14.7 Å². The molecule has 94 valence electrons. The molecule has 1 aliphatic carbocycles. The van der Waals surface area contributed by atoms with Gasteiger partial charge in [-0.1, -0.05) is 6.92 Å². The lowest BCUT2D eigenvalue weighted by Gasteiger charge is -2.23. The Balaban J connectivity index is 2.52. The Morgan fingerprint density at radius 1 is 1.59 bits per heavy atom. The average Bonchev–Trinajstić information content (AvgIpc) is 3.08. The number of carboxylic acid groups (broad SMARTS) is 1. The van der Waals surface area contributed by atoms with Gasteiger partial charge in [-0.25, -0.2) is 4.79 Å². The second-order valence-electron chi connectivity index (χ2n) is 4.22. The van der Waals surface area contributed by atoms with Crippen LogP contribution in [0.4, 0.5) is 4.79 Å². The molecule has 1 aliphatic rings. The van der Waals surface area contributed by atoms with E-state index in [1.807, 2.05) is 6.92 Å². The number of amides is 2. The number of hydrogen-bond acceptors (Lipinski definition) is 2.